The average Bonchev–Trinajstić information content (AvgIpc) is 2.37. The van der Waals surface area contributed by atoms with Gasteiger partial charge in [-0.15, -0.1) is 0 Å². The smallest absolute Gasteiger partial charge is 0.306 e. The van der Waals surface area contributed by atoms with Gasteiger partial charge in [0.1, 0.15) is 5.75 Å². The molecule has 0 spiro atoms. The predicted molar refractivity (Wildman–Crippen MR) is 83.4 cm³/mol. The summed E-state index contributed by atoms with van der Waals surface area (Å²) >= 11 is 3.22. The molecule has 5 nitrogen and oxygen atoms in total. The minimum absolute atomic E-state index is 0.0754. The Morgan fingerprint density at radius 2 is 1.95 bits per heavy atom. The lowest BCUT2D eigenvalue weighted by Crippen LogP contribution is -2.32. The summed E-state index contributed by atoms with van der Waals surface area (Å²) in [7, 11) is 0. The van der Waals surface area contributed by atoms with E-state index in [-0.39, 0.29) is 29.2 Å². The molecule has 3 N–H and O–H groups in total. The fourth-order valence-electron chi connectivity index (χ4n) is 1.92. The van der Waals surface area contributed by atoms with Crippen LogP contribution < -0.4 is 5.32 Å². The largest absolute Gasteiger partial charge is 0.507 e. The number of aromatic hydroxyl groups is 1. The van der Waals surface area contributed by atoms with Gasteiger partial charge in [-0.25, -0.2) is 0 Å². The number of carbonyl (C=O) groups excluding carboxylic acids is 1. The molecule has 116 valence electrons. The molecular weight excluding hydrogens is 338 g/mol. The van der Waals surface area contributed by atoms with Gasteiger partial charge in [-0.2, -0.15) is 0 Å². The molecule has 1 aromatic rings. The van der Waals surface area contributed by atoms with Crippen molar-refractivity contribution in [3.63, 3.8) is 0 Å². The minimum atomic E-state index is -0.800. The maximum Gasteiger partial charge on any atom is 0.306 e. The molecule has 1 aromatic carbocycles. The van der Waals surface area contributed by atoms with Crippen molar-refractivity contribution in [2.24, 2.45) is 5.92 Å². The summed E-state index contributed by atoms with van der Waals surface area (Å²) in [5, 5.41) is 21.3. The number of hydrogen-bond donors (Lipinski definition) is 3. The van der Waals surface area contributed by atoms with E-state index >= 15 is 0 Å². The molecule has 2 atom stereocenters. The van der Waals surface area contributed by atoms with Gasteiger partial charge in [-0.05, 0) is 38.0 Å². The lowest BCUT2D eigenvalue weighted by atomic mass is 10.0. The fourth-order valence-corrected chi connectivity index (χ4v) is 2.27. The number of carbonyl (C=O) groups is 2. The van der Waals surface area contributed by atoms with E-state index in [0.717, 1.165) is 6.42 Å². The standard InChI is InChI=1S/C15H20BrNO4/c1-9(15(20)21)4-3-5-10(2)17-14(19)12-7-6-11(16)8-13(12)18/h6-10,18H,3-5H2,1-2H3,(H,17,19)(H,20,21). The molecule has 0 radical (unpaired) electrons. The molecule has 0 aliphatic carbocycles. The zero-order valence-corrected chi connectivity index (χ0v) is 13.7. The van der Waals surface area contributed by atoms with Gasteiger partial charge in [-0.3, -0.25) is 9.59 Å². The topological polar surface area (TPSA) is 86.6 Å². The van der Waals surface area contributed by atoms with Crippen LogP contribution in [0.15, 0.2) is 22.7 Å². The van der Waals surface area contributed by atoms with Crippen LogP contribution >= 0.6 is 15.9 Å². The van der Waals surface area contributed by atoms with Crippen LogP contribution in [0.4, 0.5) is 0 Å². The molecule has 0 aromatic heterocycles. The average molecular weight is 358 g/mol. The van der Waals surface area contributed by atoms with Gasteiger partial charge < -0.3 is 15.5 Å². The van der Waals surface area contributed by atoms with Crippen LogP contribution in [-0.2, 0) is 4.79 Å². The van der Waals surface area contributed by atoms with E-state index in [1.807, 2.05) is 6.92 Å². The van der Waals surface area contributed by atoms with Gasteiger partial charge in [0.2, 0.25) is 0 Å². The Balaban J connectivity index is 2.45. The molecule has 2 unspecified atom stereocenters. The first-order chi connectivity index (χ1) is 9.81. The summed E-state index contributed by atoms with van der Waals surface area (Å²) in [6, 6.07) is 4.62. The molecule has 0 aliphatic heterocycles. The number of carboxylic acids is 1. The van der Waals surface area contributed by atoms with E-state index in [9.17, 15) is 14.7 Å². The zero-order chi connectivity index (χ0) is 16.0. The molecule has 0 fully saturated rings. The third-order valence-electron chi connectivity index (χ3n) is 3.28. The number of halogens is 1. The molecule has 21 heavy (non-hydrogen) atoms. The number of carboxylic acid groups (broad SMARTS) is 1. The van der Waals surface area contributed by atoms with Crippen molar-refractivity contribution in [2.75, 3.05) is 0 Å². The van der Waals surface area contributed by atoms with E-state index in [1.165, 1.54) is 6.07 Å². The molecule has 0 heterocycles. The van der Waals surface area contributed by atoms with Crippen molar-refractivity contribution < 1.29 is 19.8 Å². The lowest BCUT2D eigenvalue weighted by molar-refractivity contribution is -0.141. The summed E-state index contributed by atoms with van der Waals surface area (Å²) in [6.45, 7) is 3.53. The Kier molecular flexibility index (Phi) is 6.68. The van der Waals surface area contributed by atoms with Crippen LogP contribution in [0.25, 0.3) is 0 Å². The third-order valence-corrected chi connectivity index (χ3v) is 3.77. The Labute approximate surface area is 132 Å². The minimum Gasteiger partial charge on any atom is -0.507 e. The number of nitrogens with one attached hydrogen (secondary N) is 1. The number of benzene rings is 1. The van der Waals surface area contributed by atoms with Crippen LogP contribution in [0.1, 0.15) is 43.5 Å². The van der Waals surface area contributed by atoms with E-state index in [2.05, 4.69) is 21.2 Å². The Hall–Kier alpha value is -1.56. The highest BCUT2D eigenvalue weighted by molar-refractivity contribution is 9.10. The van der Waals surface area contributed by atoms with Crippen LogP contribution in [-0.4, -0.2) is 28.1 Å². The summed E-state index contributed by atoms with van der Waals surface area (Å²) in [5.74, 6) is -1.58. The molecular formula is C15H20BrNO4. The molecule has 1 rings (SSSR count). The lowest BCUT2D eigenvalue weighted by Gasteiger charge is -2.15. The highest BCUT2D eigenvalue weighted by Gasteiger charge is 2.15. The first kappa shape index (κ1) is 17.5. The highest BCUT2D eigenvalue weighted by atomic mass is 79.9. The number of hydrogen-bond acceptors (Lipinski definition) is 3. The van der Waals surface area contributed by atoms with Crippen molar-refractivity contribution >= 4 is 27.8 Å². The second-order valence-electron chi connectivity index (χ2n) is 5.21. The highest BCUT2D eigenvalue weighted by Crippen LogP contribution is 2.22. The predicted octanol–water partition coefficient (Wildman–Crippen LogP) is 3.16. The fraction of sp³-hybridized carbons (Fsp3) is 0.467. The summed E-state index contributed by atoms with van der Waals surface area (Å²) < 4.78 is 0.701. The molecule has 0 saturated carbocycles. The molecule has 0 aliphatic rings. The summed E-state index contributed by atoms with van der Waals surface area (Å²) in [4.78, 5) is 22.7. The first-order valence-electron chi connectivity index (χ1n) is 6.83. The van der Waals surface area contributed by atoms with Crippen molar-refractivity contribution in [3.8, 4) is 5.75 Å². The molecule has 6 heteroatoms. The van der Waals surface area contributed by atoms with Crippen LogP contribution in [0.5, 0.6) is 5.75 Å². The Bertz CT molecular complexity index is 518. The van der Waals surface area contributed by atoms with Gasteiger partial charge in [-0.1, -0.05) is 29.3 Å². The normalized spacial score (nSPS) is 13.5. The second-order valence-corrected chi connectivity index (χ2v) is 6.12. The Morgan fingerprint density at radius 1 is 1.29 bits per heavy atom. The zero-order valence-electron chi connectivity index (χ0n) is 12.1. The van der Waals surface area contributed by atoms with E-state index in [1.54, 1.807) is 19.1 Å². The van der Waals surface area contributed by atoms with Crippen LogP contribution in [0.3, 0.4) is 0 Å². The van der Waals surface area contributed by atoms with Gasteiger partial charge in [0.25, 0.3) is 5.91 Å². The Morgan fingerprint density at radius 3 is 2.52 bits per heavy atom. The SMILES string of the molecule is CC(CCCC(C)C(=O)O)NC(=O)c1ccc(Br)cc1O. The quantitative estimate of drug-likeness (QED) is 0.699. The van der Waals surface area contributed by atoms with E-state index < -0.39 is 5.97 Å². The maximum absolute atomic E-state index is 12.0. The number of rotatable bonds is 7. The number of aliphatic carboxylic acids is 1. The molecule has 0 saturated heterocycles. The van der Waals surface area contributed by atoms with Gasteiger partial charge in [0.15, 0.2) is 0 Å². The van der Waals surface area contributed by atoms with Crippen LogP contribution in [0.2, 0.25) is 0 Å². The van der Waals surface area contributed by atoms with Gasteiger partial charge in [0, 0.05) is 10.5 Å². The summed E-state index contributed by atoms with van der Waals surface area (Å²) in [6.07, 6.45) is 2.00. The molecule has 1 amide bonds. The first-order valence-corrected chi connectivity index (χ1v) is 7.62. The van der Waals surface area contributed by atoms with Crippen molar-refractivity contribution in [2.45, 2.75) is 39.2 Å². The number of phenolic OH excluding ortho intramolecular Hbond substituents is 1. The summed E-state index contributed by atoms with van der Waals surface area (Å²) in [5.41, 5.74) is 0.226. The monoisotopic (exact) mass is 357 g/mol. The van der Waals surface area contributed by atoms with Crippen LogP contribution in [0, 0.1) is 5.92 Å². The third kappa shape index (κ3) is 5.75. The maximum atomic E-state index is 12.0. The van der Waals surface area contributed by atoms with Gasteiger partial charge in [0.05, 0.1) is 11.5 Å². The molecule has 0 bridgehead atoms. The second kappa shape index (κ2) is 8.02. The van der Waals surface area contributed by atoms with E-state index in [0.29, 0.717) is 17.3 Å². The van der Waals surface area contributed by atoms with E-state index in [4.69, 9.17) is 5.11 Å². The van der Waals surface area contributed by atoms with Gasteiger partial charge >= 0.3 is 5.97 Å². The van der Waals surface area contributed by atoms with Crippen molar-refractivity contribution in [1.29, 1.82) is 0 Å². The number of phenols is 1. The van der Waals surface area contributed by atoms with Crippen molar-refractivity contribution in [3.05, 3.63) is 28.2 Å². The number of amides is 1. The van der Waals surface area contributed by atoms with Crippen molar-refractivity contribution in [1.82, 2.24) is 5.32 Å².